The van der Waals surface area contributed by atoms with Crippen LogP contribution in [0.3, 0.4) is 0 Å². The summed E-state index contributed by atoms with van der Waals surface area (Å²) in [4.78, 5) is 0. The fourth-order valence-electron chi connectivity index (χ4n) is 5.44. The maximum atomic E-state index is 2.98. The number of nitrogens with zero attached hydrogens (tertiary/aromatic N) is 4. The van der Waals surface area contributed by atoms with E-state index in [0.29, 0.717) is 0 Å². The Kier molecular flexibility index (Phi) is 6.50. The lowest BCUT2D eigenvalue weighted by molar-refractivity contribution is 0.253. The molecule has 0 saturated carbocycles. The fourth-order valence-corrected chi connectivity index (χ4v) is 36.7. The molecule has 4 nitrogen and oxygen atoms in total. The molecule has 2 aliphatic heterocycles. The van der Waals surface area contributed by atoms with Crippen LogP contribution >= 0.6 is 21.8 Å². The first kappa shape index (κ1) is 26.7. The number of hydrogen-bond acceptors (Lipinski definition) is 4. The van der Waals surface area contributed by atoms with Crippen LogP contribution in [0.15, 0.2) is 55.1 Å². The molecule has 0 atom stereocenters. The molecule has 0 aromatic heterocycles. The van der Waals surface area contributed by atoms with Gasteiger partial charge in [0.25, 0.3) is 0 Å². The van der Waals surface area contributed by atoms with Gasteiger partial charge >= 0.3 is 13.3 Å². The highest BCUT2D eigenvalue weighted by Crippen LogP contribution is 2.51. The molecule has 1 aromatic carbocycles. The van der Waals surface area contributed by atoms with Crippen LogP contribution in [0, 0.1) is 0 Å². The highest BCUT2D eigenvalue weighted by atomic mass is 127. The zero-order valence-electron chi connectivity index (χ0n) is 22.9. The molecule has 0 N–H and O–H groups in total. The first-order valence-corrected chi connectivity index (χ1v) is 20.0. The third-order valence-electron chi connectivity index (χ3n) is 6.58. The van der Waals surface area contributed by atoms with Crippen LogP contribution in [-0.2, 0) is 0 Å². The minimum absolute atomic E-state index is 0.00832. The highest BCUT2D eigenvalue weighted by Gasteiger charge is 2.76. The third kappa shape index (κ3) is 4.09. The van der Waals surface area contributed by atoms with Crippen molar-refractivity contribution in [3.05, 3.63) is 55.1 Å². The van der Waals surface area contributed by atoms with Gasteiger partial charge in [-0.3, -0.25) is 0 Å². The molecule has 0 amide bonds. The van der Waals surface area contributed by atoms with E-state index in [4.69, 9.17) is 0 Å². The van der Waals surface area contributed by atoms with Crippen molar-refractivity contribution < 1.29 is 0 Å². The van der Waals surface area contributed by atoms with Gasteiger partial charge in [0.05, 0.1) is 0 Å². The molecule has 1 aromatic rings. The summed E-state index contributed by atoms with van der Waals surface area (Å²) in [6, 6.07) is 11.5. The lowest BCUT2D eigenvalue weighted by Crippen LogP contribution is -2.92. The van der Waals surface area contributed by atoms with Crippen LogP contribution in [0.1, 0.15) is 83.1 Å². The van der Waals surface area contributed by atoms with E-state index < -0.39 is 13.3 Å². The van der Waals surface area contributed by atoms with Crippen molar-refractivity contribution in [2.45, 2.75) is 105 Å². The minimum Gasteiger partial charge on any atom is -0.377 e. The second-order valence-corrected chi connectivity index (χ2v) is 30.2. The number of halogens is 1. The van der Waals surface area contributed by atoms with E-state index >= 15 is 0 Å². The Morgan fingerprint density at radius 3 is 1.12 bits per heavy atom. The Morgan fingerprint density at radius 1 is 0.515 bits per heavy atom. The Hall–Kier alpha value is -0.936. The van der Waals surface area contributed by atoms with Crippen molar-refractivity contribution in [3.63, 3.8) is 0 Å². The van der Waals surface area contributed by atoms with Crippen molar-refractivity contribution in [2.75, 3.05) is 0 Å². The quantitative estimate of drug-likeness (QED) is 0.230. The molecule has 2 heterocycles. The zero-order chi connectivity index (χ0) is 25.3. The van der Waals surface area contributed by atoms with Crippen LogP contribution in [0.2, 0.25) is 0 Å². The summed E-state index contributed by atoms with van der Waals surface area (Å²) in [5, 5.41) is 1.49. The Balaban J connectivity index is 2.53. The summed E-state index contributed by atoms with van der Waals surface area (Å²) in [5.41, 5.74) is -2.48. The van der Waals surface area contributed by atoms with E-state index in [-0.39, 0.29) is 22.2 Å². The van der Waals surface area contributed by atoms with E-state index in [1.54, 1.807) is 0 Å². The summed E-state index contributed by atoms with van der Waals surface area (Å²) in [7, 11) is -2.60. The smallest absolute Gasteiger partial charge is 0.369 e. The lowest BCUT2D eigenvalue weighted by Gasteiger charge is -2.63. The Labute approximate surface area is 218 Å². The van der Waals surface area contributed by atoms with Crippen LogP contribution in [-0.4, -0.2) is 53.7 Å². The predicted octanol–water partition coefficient (Wildman–Crippen LogP) is 6.16. The summed E-state index contributed by atoms with van der Waals surface area (Å²) >= 11 is 2.98. The van der Waals surface area contributed by atoms with E-state index in [0.717, 1.165) is 0 Å². The van der Waals surface area contributed by atoms with E-state index in [9.17, 15) is 0 Å². The standard InChI is InChI=1S/C26H45IN4Si2/c1-23(2,3)28-18-19-29(24(4,5)6)32(28,22-16-14-13-15-17-22)33(27)30(25(7,8)9)20-21-31(33)26(10,11)12/h13-21H,1-12H3. The largest absolute Gasteiger partial charge is 0.377 e. The van der Waals surface area contributed by atoms with E-state index in [1.807, 2.05) is 0 Å². The van der Waals surface area contributed by atoms with E-state index in [2.05, 4.69) is 178 Å². The Morgan fingerprint density at radius 2 is 0.818 bits per heavy atom. The summed E-state index contributed by atoms with van der Waals surface area (Å²) in [5.74, 6) is 0. The monoisotopic (exact) mass is 596 g/mol. The summed E-state index contributed by atoms with van der Waals surface area (Å²) in [6.45, 7) is 28.6. The van der Waals surface area contributed by atoms with Crippen LogP contribution < -0.4 is 5.19 Å². The molecule has 0 unspecified atom stereocenters. The molecule has 3 rings (SSSR count). The molecule has 33 heavy (non-hydrogen) atoms. The van der Waals surface area contributed by atoms with Crippen molar-refractivity contribution in [2.24, 2.45) is 0 Å². The van der Waals surface area contributed by atoms with Gasteiger partial charge in [0.1, 0.15) is 0 Å². The summed E-state index contributed by atoms with van der Waals surface area (Å²) in [6.07, 6.45) is 9.64. The normalized spacial score (nSPS) is 20.9. The summed E-state index contributed by atoms with van der Waals surface area (Å²) < 4.78 is 11.1. The van der Waals surface area contributed by atoms with Crippen LogP contribution in [0.4, 0.5) is 0 Å². The van der Waals surface area contributed by atoms with Crippen molar-refractivity contribution in [3.8, 4) is 0 Å². The molecule has 0 aliphatic carbocycles. The molecule has 184 valence electrons. The molecule has 7 heteroatoms. The maximum Gasteiger partial charge on any atom is 0.369 e. The van der Waals surface area contributed by atoms with Gasteiger partial charge < -0.3 is 18.3 Å². The molecule has 0 saturated heterocycles. The van der Waals surface area contributed by atoms with Gasteiger partial charge in [0, 0.05) is 47.0 Å². The predicted molar refractivity (Wildman–Crippen MR) is 156 cm³/mol. The van der Waals surface area contributed by atoms with Crippen molar-refractivity contribution in [1.29, 1.82) is 0 Å². The van der Waals surface area contributed by atoms with E-state index in [1.165, 1.54) is 5.19 Å². The number of rotatable bonds is 2. The second-order valence-electron chi connectivity index (χ2n) is 13.4. The van der Waals surface area contributed by atoms with Crippen LogP contribution in [0.25, 0.3) is 0 Å². The molecule has 2 aliphatic rings. The number of benzene rings is 1. The topological polar surface area (TPSA) is 13.0 Å². The Bertz CT molecular complexity index is 869. The molecular formula is C26H45IN4Si2. The first-order valence-electron chi connectivity index (χ1n) is 12.1. The van der Waals surface area contributed by atoms with Gasteiger partial charge in [-0.2, -0.15) is 0 Å². The van der Waals surface area contributed by atoms with Gasteiger partial charge in [-0.25, -0.2) is 0 Å². The average Bonchev–Trinajstić information content (AvgIpc) is 3.21. The molecule has 0 fully saturated rings. The average molecular weight is 597 g/mol. The molecule has 0 bridgehead atoms. The fraction of sp³-hybridized carbons (Fsp3) is 0.615. The van der Waals surface area contributed by atoms with Gasteiger partial charge in [0.2, 0.25) is 0 Å². The minimum atomic E-state index is -2.60. The van der Waals surface area contributed by atoms with Gasteiger partial charge in [-0.15, -0.1) is 0 Å². The van der Waals surface area contributed by atoms with Gasteiger partial charge in [-0.1, -0.05) is 52.1 Å². The third-order valence-corrected chi connectivity index (χ3v) is 30.9. The highest BCUT2D eigenvalue weighted by molar-refractivity contribution is 14.1. The second kappa shape index (κ2) is 8.05. The molecule has 0 spiro atoms. The van der Waals surface area contributed by atoms with Crippen LogP contribution in [0.5, 0.6) is 0 Å². The SMILES string of the molecule is CC(C)(C)N1C=CN(C(C)(C)C)[Si]1(I)[Si]1(c2ccccc2)N(C(C)(C)C)C=CN1C(C)(C)C. The first-order chi connectivity index (χ1) is 14.8. The van der Waals surface area contributed by atoms with Gasteiger partial charge in [-0.05, 0) is 88.3 Å². The molecular weight excluding hydrogens is 551 g/mol. The molecule has 0 radical (unpaired) electrons. The number of hydrogen-bond donors (Lipinski definition) is 0. The van der Waals surface area contributed by atoms with Crippen molar-refractivity contribution in [1.82, 2.24) is 18.3 Å². The zero-order valence-corrected chi connectivity index (χ0v) is 27.0. The maximum absolute atomic E-state index is 2.98. The van der Waals surface area contributed by atoms with Gasteiger partial charge in [0.15, 0.2) is 0 Å². The lowest BCUT2D eigenvalue weighted by atomic mass is 10.1. The van der Waals surface area contributed by atoms with Crippen molar-refractivity contribution >= 4 is 40.3 Å².